The number of thioether (sulfide) groups is 1. The Morgan fingerprint density at radius 3 is 2.53 bits per heavy atom. The Hall–Kier alpha value is -3.50. The number of Topliss-reactive ketones (excluding diaryl/α,β-unsaturated/α-hetero) is 1. The highest BCUT2D eigenvalue weighted by Gasteiger charge is 2.16. The quantitative estimate of drug-likeness (QED) is 0.145. The van der Waals surface area contributed by atoms with Gasteiger partial charge in [0.05, 0.1) is 35.9 Å². The molecule has 0 atom stereocenters. The Morgan fingerprint density at radius 1 is 1.06 bits per heavy atom. The molecule has 1 amide bonds. The molecule has 34 heavy (non-hydrogen) atoms. The van der Waals surface area contributed by atoms with Crippen LogP contribution >= 0.6 is 11.8 Å². The van der Waals surface area contributed by atoms with Crippen molar-refractivity contribution in [2.75, 3.05) is 33.1 Å². The molecular formula is C24H25N3O6S. The molecule has 0 fully saturated rings. The molecule has 0 unspecified atom stereocenters. The number of hydrogen-bond donors (Lipinski definition) is 1. The third-order valence-electron chi connectivity index (χ3n) is 4.95. The average molecular weight is 484 g/mol. The molecule has 0 radical (unpaired) electrons. The number of nitrogens with zero attached hydrogens (tertiary/aromatic N) is 2. The van der Waals surface area contributed by atoms with Crippen molar-refractivity contribution in [1.82, 2.24) is 14.9 Å². The van der Waals surface area contributed by atoms with Gasteiger partial charge in [-0.05, 0) is 24.6 Å². The maximum atomic E-state index is 13.1. The van der Waals surface area contributed by atoms with E-state index < -0.39 is 5.97 Å². The Labute approximate surface area is 200 Å². The predicted octanol–water partition coefficient (Wildman–Crippen LogP) is 2.31. The first kappa shape index (κ1) is 25.1. The number of carbonyl (C=O) groups excluding carboxylic acids is 3. The Bertz CT molecular complexity index is 1240. The smallest absolute Gasteiger partial charge is 0.337 e. The fraction of sp³-hybridized carbons (Fsp3) is 0.292. The van der Waals surface area contributed by atoms with Crippen molar-refractivity contribution in [2.45, 2.75) is 18.1 Å². The number of benzene rings is 2. The molecule has 1 N–H and O–H groups in total. The number of esters is 1. The summed E-state index contributed by atoms with van der Waals surface area (Å²) in [5, 5.41) is 3.29. The fourth-order valence-corrected chi connectivity index (χ4v) is 4.06. The minimum Gasteiger partial charge on any atom is -0.465 e. The maximum Gasteiger partial charge on any atom is 0.337 e. The number of rotatable bonds is 11. The molecule has 1 aromatic heterocycles. The van der Waals surface area contributed by atoms with Gasteiger partial charge in [-0.2, -0.15) is 0 Å². The van der Waals surface area contributed by atoms with Crippen molar-refractivity contribution in [3.63, 3.8) is 0 Å². The van der Waals surface area contributed by atoms with E-state index in [1.807, 2.05) is 6.07 Å². The first-order chi connectivity index (χ1) is 16.4. The summed E-state index contributed by atoms with van der Waals surface area (Å²) in [6.45, 7) is 0.681. The lowest BCUT2D eigenvalue weighted by atomic mass is 10.1. The lowest BCUT2D eigenvalue weighted by Gasteiger charge is -2.13. The number of ether oxygens (including phenoxy) is 2. The maximum absolute atomic E-state index is 13.1. The van der Waals surface area contributed by atoms with Crippen LogP contribution in [0, 0.1) is 0 Å². The molecule has 178 valence electrons. The Morgan fingerprint density at radius 2 is 1.82 bits per heavy atom. The highest BCUT2D eigenvalue weighted by atomic mass is 32.2. The van der Waals surface area contributed by atoms with Crippen LogP contribution in [0.1, 0.15) is 27.1 Å². The third kappa shape index (κ3) is 6.30. The van der Waals surface area contributed by atoms with Crippen molar-refractivity contribution < 1.29 is 23.9 Å². The Kier molecular flexibility index (Phi) is 8.94. The van der Waals surface area contributed by atoms with E-state index in [-0.39, 0.29) is 35.1 Å². The fourth-order valence-electron chi connectivity index (χ4n) is 3.21. The van der Waals surface area contributed by atoms with Crippen LogP contribution in [0.3, 0.4) is 0 Å². The Balaban J connectivity index is 1.78. The van der Waals surface area contributed by atoms with E-state index in [1.165, 1.54) is 23.8 Å². The van der Waals surface area contributed by atoms with Gasteiger partial charge in [0.2, 0.25) is 5.91 Å². The summed E-state index contributed by atoms with van der Waals surface area (Å²) >= 11 is 1.08. The summed E-state index contributed by atoms with van der Waals surface area (Å²) in [4.78, 5) is 54.1. The van der Waals surface area contributed by atoms with E-state index in [2.05, 4.69) is 10.3 Å². The molecule has 3 rings (SSSR count). The van der Waals surface area contributed by atoms with Crippen molar-refractivity contribution >= 4 is 40.3 Å². The van der Waals surface area contributed by atoms with Gasteiger partial charge in [-0.1, -0.05) is 42.1 Å². The van der Waals surface area contributed by atoms with E-state index in [0.29, 0.717) is 41.2 Å². The molecule has 0 saturated carbocycles. The molecule has 0 saturated heterocycles. The number of ketones is 1. The van der Waals surface area contributed by atoms with Gasteiger partial charge < -0.3 is 14.8 Å². The minimum atomic E-state index is -0.537. The van der Waals surface area contributed by atoms with E-state index in [4.69, 9.17) is 9.47 Å². The summed E-state index contributed by atoms with van der Waals surface area (Å²) in [7, 11) is 2.85. The molecule has 0 aliphatic carbocycles. The van der Waals surface area contributed by atoms with E-state index in [1.54, 1.807) is 37.4 Å². The SMILES string of the molecule is COCCCn1c(SCC(=O)NCC(=O)c2ccccc2)nc2cc(C(=O)OC)ccc2c1=O. The van der Waals surface area contributed by atoms with Crippen LogP contribution in [0.2, 0.25) is 0 Å². The van der Waals surface area contributed by atoms with Gasteiger partial charge in [-0.15, -0.1) is 0 Å². The first-order valence-electron chi connectivity index (χ1n) is 10.5. The number of aromatic nitrogens is 2. The third-order valence-corrected chi connectivity index (χ3v) is 5.92. The standard InChI is InChI=1S/C24H25N3O6S/c1-32-12-6-11-27-22(30)18-10-9-17(23(31)33-2)13-19(18)26-24(27)34-15-21(29)25-14-20(28)16-7-4-3-5-8-16/h3-5,7-10,13H,6,11-12,14-15H2,1-2H3,(H,25,29). The van der Waals surface area contributed by atoms with Crippen molar-refractivity contribution in [1.29, 1.82) is 0 Å². The predicted molar refractivity (Wildman–Crippen MR) is 128 cm³/mol. The number of nitrogens with one attached hydrogen (secondary N) is 1. The zero-order valence-electron chi connectivity index (χ0n) is 18.9. The van der Waals surface area contributed by atoms with Gasteiger partial charge in [0.1, 0.15) is 0 Å². The van der Waals surface area contributed by atoms with Gasteiger partial charge in [0.15, 0.2) is 10.9 Å². The molecule has 0 aliphatic rings. The largest absolute Gasteiger partial charge is 0.465 e. The normalized spacial score (nSPS) is 10.8. The molecule has 0 spiro atoms. The molecule has 9 nitrogen and oxygen atoms in total. The summed E-state index contributed by atoms with van der Waals surface area (Å²) < 4.78 is 11.3. The lowest BCUT2D eigenvalue weighted by molar-refractivity contribution is -0.118. The molecule has 2 aromatic carbocycles. The monoisotopic (exact) mass is 483 g/mol. The van der Waals surface area contributed by atoms with Gasteiger partial charge >= 0.3 is 5.97 Å². The van der Waals surface area contributed by atoms with Crippen LogP contribution in [0.4, 0.5) is 0 Å². The number of hydrogen-bond acceptors (Lipinski definition) is 8. The second-order valence-corrected chi connectivity index (χ2v) is 8.22. The zero-order valence-corrected chi connectivity index (χ0v) is 19.7. The first-order valence-corrected chi connectivity index (χ1v) is 11.5. The van der Waals surface area contributed by atoms with Crippen LogP contribution < -0.4 is 10.9 Å². The van der Waals surface area contributed by atoms with Crippen LogP contribution in [0.25, 0.3) is 10.9 Å². The molecular weight excluding hydrogens is 458 g/mol. The highest BCUT2D eigenvalue weighted by Crippen LogP contribution is 2.19. The molecule has 0 aliphatic heterocycles. The van der Waals surface area contributed by atoms with Crippen LogP contribution in [-0.4, -0.2) is 60.3 Å². The van der Waals surface area contributed by atoms with Gasteiger partial charge in [0.25, 0.3) is 5.56 Å². The van der Waals surface area contributed by atoms with Gasteiger partial charge in [-0.25, -0.2) is 9.78 Å². The number of carbonyl (C=O) groups is 3. The van der Waals surface area contributed by atoms with Crippen LogP contribution in [0.5, 0.6) is 0 Å². The van der Waals surface area contributed by atoms with E-state index in [0.717, 1.165) is 11.8 Å². The van der Waals surface area contributed by atoms with E-state index in [9.17, 15) is 19.2 Å². The van der Waals surface area contributed by atoms with Crippen LogP contribution in [0.15, 0.2) is 58.5 Å². The average Bonchev–Trinajstić information content (AvgIpc) is 2.87. The number of fused-ring (bicyclic) bond motifs is 1. The molecule has 3 aromatic rings. The van der Waals surface area contributed by atoms with E-state index >= 15 is 0 Å². The van der Waals surface area contributed by atoms with Crippen molar-refractivity contribution in [2.24, 2.45) is 0 Å². The number of amides is 1. The minimum absolute atomic E-state index is 0.0407. The zero-order chi connectivity index (χ0) is 24.5. The van der Waals surface area contributed by atoms with Crippen molar-refractivity contribution in [3.8, 4) is 0 Å². The van der Waals surface area contributed by atoms with Crippen LogP contribution in [-0.2, 0) is 20.8 Å². The summed E-state index contributed by atoms with van der Waals surface area (Å²) in [6.07, 6.45) is 0.579. The number of methoxy groups -OCH3 is 2. The van der Waals surface area contributed by atoms with Gasteiger partial charge in [-0.3, -0.25) is 19.0 Å². The second-order valence-electron chi connectivity index (χ2n) is 7.28. The lowest BCUT2D eigenvalue weighted by Crippen LogP contribution is -2.31. The summed E-state index contributed by atoms with van der Waals surface area (Å²) in [5.41, 5.74) is 0.838. The molecule has 0 bridgehead atoms. The van der Waals surface area contributed by atoms with Crippen molar-refractivity contribution in [3.05, 3.63) is 70.0 Å². The summed E-state index contributed by atoms with van der Waals surface area (Å²) in [6, 6.07) is 13.2. The second kappa shape index (κ2) is 12.1. The van der Waals surface area contributed by atoms with Gasteiger partial charge in [0, 0.05) is 25.8 Å². The molecule has 1 heterocycles. The topological polar surface area (TPSA) is 117 Å². The summed E-state index contributed by atoms with van der Waals surface area (Å²) in [5.74, 6) is -1.14. The highest BCUT2D eigenvalue weighted by molar-refractivity contribution is 7.99. The molecule has 10 heteroatoms.